The Morgan fingerprint density at radius 3 is 3.00 bits per heavy atom. The van der Waals surface area contributed by atoms with E-state index in [0.29, 0.717) is 0 Å². The second kappa shape index (κ2) is 5.29. The molecule has 0 fully saturated rings. The summed E-state index contributed by atoms with van der Waals surface area (Å²) in [5.74, 6) is 0.784. The molecule has 0 bridgehead atoms. The molecule has 0 saturated heterocycles. The highest BCUT2D eigenvalue weighted by Crippen LogP contribution is 2.29. The van der Waals surface area contributed by atoms with Crippen molar-refractivity contribution in [1.29, 1.82) is 0 Å². The summed E-state index contributed by atoms with van der Waals surface area (Å²) < 4.78 is 7.17. The van der Waals surface area contributed by atoms with Gasteiger partial charge in [0.25, 0.3) is 0 Å². The molecule has 17 heavy (non-hydrogen) atoms. The molecule has 0 spiro atoms. The maximum absolute atomic E-state index is 5.34. The molecule has 0 aliphatic heterocycles. The zero-order valence-electron chi connectivity index (χ0n) is 10.2. The minimum atomic E-state index is 0.0219. The summed E-state index contributed by atoms with van der Waals surface area (Å²) in [6, 6.07) is 0.0219. The first kappa shape index (κ1) is 12.1. The summed E-state index contributed by atoms with van der Waals surface area (Å²) in [6.07, 6.45) is 1.73. The van der Waals surface area contributed by atoms with Crippen molar-refractivity contribution in [2.24, 2.45) is 7.05 Å². The van der Waals surface area contributed by atoms with E-state index in [0.717, 1.165) is 23.7 Å². The number of aromatic nitrogens is 3. The van der Waals surface area contributed by atoms with Gasteiger partial charge < -0.3 is 10.1 Å². The van der Waals surface area contributed by atoms with Crippen LogP contribution in [0.2, 0.25) is 0 Å². The van der Waals surface area contributed by atoms with E-state index in [-0.39, 0.29) is 6.04 Å². The molecule has 92 valence electrons. The highest BCUT2D eigenvalue weighted by atomic mass is 32.1. The first-order valence-electron chi connectivity index (χ1n) is 5.45. The van der Waals surface area contributed by atoms with Gasteiger partial charge in [-0.05, 0) is 6.54 Å². The van der Waals surface area contributed by atoms with Crippen molar-refractivity contribution in [3.63, 3.8) is 0 Å². The summed E-state index contributed by atoms with van der Waals surface area (Å²) in [7, 11) is 3.57. The maximum Gasteiger partial charge on any atom is 0.161 e. The van der Waals surface area contributed by atoms with Crippen LogP contribution < -0.4 is 10.1 Å². The second-order valence-corrected chi connectivity index (χ2v) is 4.34. The Labute approximate surface area is 104 Å². The molecule has 2 aromatic rings. The number of thiazole rings is 1. The number of nitrogens with one attached hydrogen (secondary N) is 1. The Morgan fingerprint density at radius 2 is 2.41 bits per heavy atom. The van der Waals surface area contributed by atoms with Crippen LogP contribution >= 0.6 is 11.3 Å². The lowest BCUT2D eigenvalue weighted by Crippen LogP contribution is -2.25. The molecule has 0 saturated carbocycles. The zero-order chi connectivity index (χ0) is 12.3. The lowest BCUT2D eigenvalue weighted by molar-refractivity contribution is 0.400. The van der Waals surface area contributed by atoms with Crippen molar-refractivity contribution in [3.05, 3.63) is 28.5 Å². The predicted molar refractivity (Wildman–Crippen MR) is 67.4 cm³/mol. The highest BCUT2D eigenvalue weighted by molar-refractivity contribution is 7.07. The third-order valence-corrected chi connectivity index (χ3v) is 3.20. The van der Waals surface area contributed by atoms with Gasteiger partial charge in [-0.25, -0.2) is 4.98 Å². The number of ether oxygens (including phenoxy) is 1. The molecule has 0 aromatic carbocycles. The normalized spacial score (nSPS) is 12.6. The first-order valence-corrected chi connectivity index (χ1v) is 6.39. The minimum Gasteiger partial charge on any atom is -0.493 e. The molecule has 2 aromatic heterocycles. The van der Waals surface area contributed by atoms with E-state index in [9.17, 15) is 0 Å². The molecule has 0 amide bonds. The average Bonchev–Trinajstić information content (AvgIpc) is 2.95. The van der Waals surface area contributed by atoms with Crippen molar-refractivity contribution < 1.29 is 4.74 Å². The van der Waals surface area contributed by atoms with E-state index in [4.69, 9.17) is 4.74 Å². The standard InChI is InChI=1S/C11H16N4OS/c1-4-12-10(8-6-17-7-13-8)11-9(16-3)5-14-15(11)2/h5-7,10,12H,4H2,1-3H3. The number of nitrogens with zero attached hydrogens (tertiary/aromatic N) is 3. The Bertz CT molecular complexity index is 466. The van der Waals surface area contributed by atoms with Gasteiger partial charge in [0.05, 0.1) is 30.6 Å². The van der Waals surface area contributed by atoms with Crippen molar-refractivity contribution in [1.82, 2.24) is 20.1 Å². The minimum absolute atomic E-state index is 0.0219. The molecule has 0 radical (unpaired) electrons. The van der Waals surface area contributed by atoms with E-state index < -0.39 is 0 Å². The molecule has 1 unspecified atom stereocenters. The van der Waals surface area contributed by atoms with Crippen molar-refractivity contribution in [3.8, 4) is 5.75 Å². The SMILES string of the molecule is CCNC(c1cscn1)c1c(OC)cnn1C. The summed E-state index contributed by atoms with van der Waals surface area (Å²) >= 11 is 1.59. The van der Waals surface area contributed by atoms with Crippen LogP contribution in [0.15, 0.2) is 17.1 Å². The largest absolute Gasteiger partial charge is 0.493 e. The Kier molecular flexibility index (Phi) is 3.75. The van der Waals surface area contributed by atoms with Gasteiger partial charge in [-0.1, -0.05) is 6.92 Å². The van der Waals surface area contributed by atoms with Gasteiger partial charge in [0.2, 0.25) is 0 Å². The Hall–Kier alpha value is -1.40. The summed E-state index contributed by atoms with van der Waals surface area (Å²) in [5, 5.41) is 9.68. The fraction of sp³-hybridized carbons (Fsp3) is 0.455. The maximum atomic E-state index is 5.34. The van der Waals surface area contributed by atoms with Gasteiger partial charge in [0, 0.05) is 12.4 Å². The molecular formula is C11H16N4OS. The zero-order valence-corrected chi connectivity index (χ0v) is 11.0. The molecule has 2 rings (SSSR count). The third-order valence-electron chi connectivity index (χ3n) is 2.60. The van der Waals surface area contributed by atoms with E-state index in [1.54, 1.807) is 24.6 Å². The Morgan fingerprint density at radius 1 is 1.59 bits per heavy atom. The molecule has 6 heteroatoms. The summed E-state index contributed by atoms with van der Waals surface area (Å²) in [6.45, 7) is 2.93. The summed E-state index contributed by atoms with van der Waals surface area (Å²) in [5.41, 5.74) is 3.83. The van der Waals surface area contributed by atoms with Gasteiger partial charge in [-0.3, -0.25) is 4.68 Å². The van der Waals surface area contributed by atoms with Crippen LogP contribution in [0, 0.1) is 0 Å². The fourth-order valence-corrected chi connectivity index (χ4v) is 2.40. The number of rotatable bonds is 5. The number of methoxy groups -OCH3 is 1. The molecule has 0 aliphatic rings. The van der Waals surface area contributed by atoms with E-state index >= 15 is 0 Å². The number of hydrogen-bond donors (Lipinski definition) is 1. The molecule has 5 nitrogen and oxygen atoms in total. The van der Waals surface area contributed by atoms with Crippen LogP contribution in [0.5, 0.6) is 5.75 Å². The van der Waals surface area contributed by atoms with Gasteiger partial charge in [0.1, 0.15) is 5.69 Å². The molecule has 1 atom stereocenters. The predicted octanol–water partition coefficient (Wildman–Crippen LogP) is 1.58. The average molecular weight is 252 g/mol. The monoisotopic (exact) mass is 252 g/mol. The van der Waals surface area contributed by atoms with Crippen LogP contribution in [0.4, 0.5) is 0 Å². The number of aryl methyl sites for hydroxylation is 1. The van der Waals surface area contributed by atoms with Gasteiger partial charge in [-0.2, -0.15) is 5.10 Å². The van der Waals surface area contributed by atoms with Crippen molar-refractivity contribution >= 4 is 11.3 Å². The van der Waals surface area contributed by atoms with Crippen LogP contribution in [0.3, 0.4) is 0 Å². The fourth-order valence-electron chi connectivity index (χ4n) is 1.82. The van der Waals surface area contributed by atoms with Crippen molar-refractivity contribution in [2.75, 3.05) is 13.7 Å². The molecule has 1 N–H and O–H groups in total. The van der Waals surface area contributed by atoms with E-state index in [1.165, 1.54) is 0 Å². The smallest absolute Gasteiger partial charge is 0.161 e. The lowest BCUT2D eigenvalue weighted by Gasteiger charge is -2.17. The van der Waals surface area contributed by atoms with Crippen LogP contribution in [-0.4, -0.2) is 28.4 Å². The van der Waals surface area contributed by atoms with Crippen LogP contribution in [0.25, 0.3) is 0 Å². The van der Waals surface area contributed by atoms with Gasteiger partial charge in [0.15, 0.2) is 5.75 Å². The van der Waals surface area contributed by atoms with E-state index in [2.05, 4.69) is 22.3 Å². The summed E-state index contributed by atoms with van der Waals surface area (Å²) in [4.78, 5) is 4.37. The van der Waals surface area contributed by atoms with Crippen LogP contribution in [0.1, 0.15) is 24.4 Å². The third kappa shape index (κ3) is 2.32. The molecular weight excluding hydrogens is 236 g/mol. The highest BCUT2D eigenvalue weighted by Gasteiger charge is 2.22. The molecule has 2 heterocycles. The van der Waals surface area contributed by atoms with Crippen molar-refractivity contribution in [2.45, 2.75) is 13.0 Å². The van der Waals surface area contributed by atoms with E-state index in [1.807, 2.05) is 22.6 Å². The first-order chi connectivity index (χ1) is 8.27. The second-order valence-electron chi connectivity index (χ2n) is 3.63. The molecule has 0 aliphatic carbocycles. The Balaban J connectivity index is 2.42. The quantitative estimate of drug-likeness (QED) is 0.878. The van der Waals surface area contributed by atoms with Gasteiger partial charge in [-0.15, -0.1) is 11.3 Å². The topological polar surface area (TPSA) is 52.0 Å². The van der Waals surface area contributed by atoms with Crippen LogP contribution in [-0.2, 0) is 7.05 Å². The number of hydrogen-bond acceptors (Lipinski definition) is 5. The lowest BCUT2D eigenvalue weighted by atomic mass is 10.1. The van der Waals surface area contributed by atoms with Gasteiger partial charge >= 0.3 is 0 Å².